The third kappa shape index (κ3) is 1.26. The fourth-order valence-electron chi connectivity index (χ4n) is 2.62. The zero-order valence-corrected chi connectivity index (χ0v) is 9.06. The monoisotopic (exact) mass is 214 g/mol. The van der Waals surface area contributed by atoms with E-state index in [1.54, 1.807) is 12.1 Å². The number of phenolic OH excluding ortho intramolecular Hbond substituents is 1. The highest BCUT2D eigenvalue weighted by Gasteiger charge is 2.35. The van der Waals surface area contributed by atoms with E-state index in [1.807, 2.05) is 6.07 Å². The molecule has 1 atom stereocenters. The second kappa shape index (κ2) is 3.41. The molecular formula is C13H14N2O. The second-order valence-electron chi connectivity index (χ2n) is 4.66. The molecule has 3 nitrogen and oxygen atoms in total. The molecule has 3 heteroatoms. The molecule has 1 N–H and O–H groups in total. The van der Waals surface area contributed by atoms with Gasteiger partial charge in [-0.3, -0.25) is 0 Å². The van der Waals surface area contributed by atoms with E-state index in [9.17, 15) is 5.11 Å². The predicted octanol–water partition coefficient (Wildman–Crippen LogP) is 2.37. The number of nitriles is 1. The van der Waals surface area contributed by atoms with E-state index >= 15 is 0 Å². The van der Waals surface area contributed by atoms with Gasteiger partial charge in [-0.15, -0.1) is 0 Å². The molecule has 82 valence electrons. The topological polar surface area (TPSA) is 47.3 Å². The van der Waals surface area contributed by atoms with Crippen LogP contribution in [0, 0.1) is 11.3 Å². The summed E-state index contributed by atoms with van der Waals surface area (Å²) in [6, 6.07) is 8.29. The van der Waals surface area contributed by atoms with Gasteiger partial charge in [0.1, 0.15) is 5.75 Å². The van der Waals surface area contributed by atoms with E-state index in [4.69, 9.17) is 5.26 Å². The molecule has 1 unspecified atom stereocenters. The van der Waals surface area contributed by atoms with Gasteiger partial charge in [0.2, 0.25) is 0 Å². The molecule has 0 saturated heterocycles. The van der Waals surface area contributed by atoms with Crippen LogP contribution in [-0.4, -0.2) is 17.7 Å². The van der Waals surface area contributed by atoms with Crippen LogP contribution in [0.2, 0.25) is 0 Å². The average molecular weight is 214 g/mol. The number of aromatic hydroxyl groups is 1. The Balaban J connectivity index is 2.01. The van der Waals surface area contributed by atoms with Crippen LogP contribution < -0.4 is 4.90 Å². The lowest BCUT2D eigenvalue weighted by Crippen LogP contribution is -2.39. The highest BCUT2D eigenvalue weighted by atomic mass is 16.3. The number of anilines is 1. The Morgan fingerprint density at radius 1 is 1.38 bits per heavy atom. The van der Waals surface area contributed by atoms with Gasteiger partial charge in [-0.2, -0.15) is 5.26 Å². The third-order valence-corrected chi connectivity index (χ3v) is 3.75. The molecule has 2 aliphatic rings. The molecule has 1 aromatic rings. The summed E-state index contributed by atoms with van der Waals surface area (Å²) >= 11 is 0. The minimum atomic E-state index is -0.0313. The number of nitrogens with zero attached hydrogens (tertiary/aromatic N) is 2. The van der Waals surface area contributed by atoms with Crippen LogP contribution in [-0.2, 0) is 0 Å². The molecule has 0 radical (unpaired) electrons. The van der Waals surface area contributed by atoms with Gasteiger partial charge in [-0.25, -0.2) is 0 Å². The Morgan fingerprint density at radius 3 is 2.81 bits per heavy atom. The van der Waals surface area contributed by atoms with Gasteiger partial charge in [-0.05, 0) is 30.9 Å². The van der Waals surface area contributed by atoms with Gasteiger partial charge in [0.05, 0.1) is 12.0 Å². The van der Waals surface area contributed by atoms with Crippen LogP contribution in [0.25, 0.3) is 0 Å². The molecule has 1 aliphatic carbocycles. The molecule has 1 aliphatic heterocycles. The van der Waals surface area contributed by atoms with Crippen LogP contribution in [0.3, 0.4) is 0 Å². The smallest absolute Gasteiger partial charge is 0.117 e. The minimum Gasteiger partial charge on any atom is -0.508 e. The quantitative estimate of drug-likeness (QED) is 0.780. The second-order valence-corrected chi connectivity index (χ2v) is 4.66. The Bertz CT molecular complexity index is 459. The van der Waals surface area contributed by atoms with Crippen LogP contribution in [0.4, 0.5) is 5.69 Å². The minimum absolute atomic E-state index is 0.0313. The normalized spacial score (nSPS) is 23.7. The van der Waals surface area contributed by atoms with E-state index < -0.39 is 0 Å². The lowest BCUT2D eigenvalue weighted by atomic mass is 9.91. The Morgan fingerprint density at radius 2 is 2.19 bits per heavy atom. The molecular weight excluding hydrogens is 200 g/mol. The highest BCUT2D eigenvalue weighted by Crippen LogP contribution is 2.42. The van der Waals surface area contributed by atoms with Crippen LogP contribution in [0.15, 0.2) is 18.2 Å². The van der Waals surface area contributed by atoms with Gasteiger partial charge in [0.25, 0.3) is 0 Å². The number of hydrogen-bond acceptors (Lipinski definition) is 3. The summed E-state index contributed by atoms with van der Waals surface area (Å²) in [7, 11) is 0. The van der Waals surface area contributed by atoms with Crippen molar-refractivity contribution in [3.63, 3.8) is 0 Å². The lowest BCUT2D eigenvalue weighted by Gasteiger charge is -2.36. The molecule has 1 heterocycles. The van der Waals surface area contributed by atoms with Gasteiger partial charge < -0.3 is 10.0 Å². The van der Waals surface area contributed by atoms with Crippen molar-refractivity contribution >= 4 is 5.69 Å². The van der Waals surface area contributed by atoms with Crippen molar-refractivity contribution in [3.05, 3.63) is 23.8 Å². The molecule has 1 aromatic carbocycles. The number of benzene rings is 1. The van der Waals surface area contributed by atoms with Crippen molar-refractivity contribution < 1.29 is 5.11 Å². The van der Waals surface area contributed by atoms with Crippen molar-refractivity contribution in [2.75, 3.05) is 11.4 Å². The summed E-state index contributed by atoms with van der Waals surface area (Å²) in [4.78, 5) is 2.30. The molecule has 0 spiro atoms. The number of hydrogen-bond donors (Lipinski definition) is 1. The fourth-order valence-corrected chi connectivity index (χ4v) is 2.62. The van der Waals surface area contributed by atoms with Crippen LogP contribution in [0.5, 0.6) is 5.75 Å². The van der Waals surface area contributed by atoms with Gasteiger partial charge in [0.15, 0.2) is 0 Å². The van der Waals surface area contributed by atoms with Crippen molar-refractivity contribution in [1.82, 2.24) is 0 Å². The van der Waals surface area contributed by atoms with Crippen molar-refractivity contribution in [2.24, 2.45) is 0 Å². The standard InChI is InChI=1S/C13H14N2O/c14-7-9-8-15(10-2-1-3-10)13-6-11(16)4-5-12(9)13/h4-6,9-10,16H,1-3,8H2. The van der Waals surface area contributed by atoms with E-state index in [2.05, 4.69) is 11.0 Å². The fraction of sp³-hybridized carbons (Fsp3) is 0.462. The van der Waals surface area contributed by atoms with E-state index in [1.165, 1.54) is 19.3 Å². The van der Waals surface area contributed by atoms with Crippen molar-refractivity contribution in [1.29, 1.82) is 5.26 Å². The van der Waals surface area contributed by atoms with Crippen LogP contribution in [0.1, 0.15) is 30.7 Å². The number of fused-ring (bicyclic) bond motifs is 1. The summed E-state index contributed by atoms with van der Waals surface area (Å²) in [5, 5.41) is 18.7. The van der Waals surface area contributed by atoms with E-state index in [0.29, 0.717) is 11.8 Å². The Kier molecular flexibility index (Phi) is 2.03. The van der Waals surface area contributed by atoms with Gasteiger partial charge >= 0.3 is 0 Å². The molecule has 0 bridgehead atoms. The summed E-state index contributed by atoms with van der Waals surface area (Å²) in [5.74, 6) is 0.262. The molecule has 1 fully saturated rings. The largest absolute Gasteiger partial charge is 0.508 e. The van der Waals surface area contributed by atoms with E-state index in [0.717, 1.165) is 17.8 Å². The third-order valence-electron chi connectivity index (χ3n) is 3.75. The highest BCUT2D eigenvalue weighted by molar-refractivity contribution is 5.65. The summed E-state index contributed by atoms with van der Waals surface area (Å²) in [6.45, 7) is 0.792. The predicted molar refractivity (Wildman–Crippen MR) is 61.4 cm³/mol. The first kappa shape index (κ1) is 9.53. The zero-order chi connectivity index (χ0) is 11.1. The summed E-state index contributed by atoms with van der Waals surface area (Å²) in [6.07, 6.45) is 3.72. The number of rotatable bonds is 1. The first-order valence-electron chi connectivity index (χ1n) is 5.79. The lowest BCUT2D eigenvalue weighted by molar-refractivity contribution is 0.390. The van der Waals surface area contributed by atoms with Gasteiger partial charge in [0, 0.05) is 24.3 Å². The zero-order valence-electron chi connectivity index (χ0n) is 9.06. The maximum atomic E-state index is 9.54. The number of phenols is 1. The SMILES string of the molecule is N#CC1CN(C2CCC2)c2cc(O)ccc21. The molecule has 0 aromatic heterocycles. The summed E-state index contributed by atoms with van der Waals surface area (Å²) < 4.78 is 0. The first-order chi connectivity index (χ1) is 7.79. The Labute approximate surface area is 94.9 Å². The van der Waals surface area contributed by atoms with Crippen molar-refractivity contribution in [2.45, 2.75) is 31.2 Å². The average Bonchev–Trinajstić information content (AvgIpc) is 2.54. The molecule has 16 heavy (non-hydrogen) atoms. The first-order valence-corrected chi connectivity index (χ1v) is 5.79. The Hall–Kier alpha value is -1.69. The molecule has 3 rings (SSSR count). The molecule has 1 saturated carbocycles. The van der Waals surface area contributed by atoms with E-state index in [-0.39, 0.29) is 5.92 Å². The maximum Gasteiger partial charge on any atom is 0.117 e. The van der Waals surface area contributed by atoms with Crippen LogP contribution >= 0.6 is 0 Å². The maximum absolute atomic E-state index is 9.54. The summed E-state index contributed by atoms with van der Waals surface area (Å²) in [5.41, 5.74) is 2.14. The molecule has 0 amide bonds. The van der Waals surface area contributed by atoms with Gasteiger partial charge in [-0.1, -0.05) is 6.07 Å². The van der Waals surface area contributed by atoms with Crippen molar-refractivity contribution in [3.8, 4) is 11.8 Å².